The maximum absolute atomic E-state index is 12.3. The van der Waals surface area contributed by atoms with Crippen molar-refractivity contribution in [2.45, 2.75) is 4.90 Å². The number of halogens is 3. The average Bonchev–Trinajstić information content (AvgIpc) is 2.23. The Morgan fingerprint density at radius 1 is 1.33 bits per heavy atom. The topological polar surface area (TPSA) is 37.4 Å². The Labute approximate surface area is 130 Å². The quantitative estimate of drug-likeness (QED) is 0.765. The van der Waals surface area contributed by atoms with Gasteiger partial charge in [-0.1, -0.05) is 39.1 Å². The van der Waals surface area contributed by atoms with E-state index < -0.39 is 10.0 Å². The molecule has 0 fully saturated rings. The summed E-state index contributed by atoms with van der Waals surface area (Å²) in [5, 5.41) is 0.232. The van der Waals surface area contributed by atoms with Crippen LogP contribution in [-0.4, -0.2) is 38.3 Å². The van der Waals surface area contributed by atoms with Crippen LogP contribution in [0.2, 0.25) is 10.0 Å². The van der Waals surface area contributed by atoms with E-state index in [9.17, 15) is 8.42 Å². The van der Waals surface area contributed by atoms with Gasteiger partial charge >= 0.3 is 0 Å². The molecule has 0 saturated heterocycles. The zero-order chi connectivity index (χ0) is 13.9. The zero-order valence-corrected chi connectivity index (χ0v) is 14.5. The van der Waals surface area contributed by atoms with E-state index in [4.69, 9.17) is 23.2 Å². The first-order valence-corrected chi connectivity index (χ1v) is 9.28. The van der Waals surface area contributed by atoms with Crippen LogP contribution in [0.1, 0.15) is 0 Å². The number of nitrogens with zero attached hydrogens (tertiary/aromatic N) is 1. The number of rotatable bonds is 5. The molecule has 0 radical (unpaired) electrons. The molecule has 0 spiro atoms. The Morgan fingerprint density at radius 2 is 1.83 bits per heavy atom. The summed E-state index contributed by atoms with van der Waals surface area (Å²) in [7, 11) is -2.14. The van der Waals surface area contributed by atoms with E-state index in [2.05, 4.69) is 15.9 Å². The van der Waals surface area contributed by atoms with Gasteiger partial charge in [0.05, 0.1) is 10.0 Å². The molecule has 0 saturated carbocycles. The highest BCUT2D eigenvalue weighted by molar-refractivity contribution is 9.10. The van der Waals surface area contributed by atoms with Crippen LogP contribution >= 0.6 is 50.9 Å². The molecular formula is C10H12BrCl2NO2S2. The average molecular weight is 393 g/mol. The van der Waals surface area contributed by atoms with Crippen LogP contribution in [0, 0.1) is 0 Å². The van der Waals surface area contributed by atoms with Gasteiger partial charge in [-0.3, -0.25) is 0 Å². The molecule has 0 aliphatic heterocycles. The first-order chi connectivity index (χ1) is 8.30. The number of sulfonamides is 1. The van der Waals surface area contributed by atoms with Crippen molar-refractivity contribution in [2.75, 3.05) is 25.6 Å². The van der Waals surface area contributed by atoms with Gasteiger partial charge in [0.25, 0.3) is 0 Å². The molecule has 0 aliphatic rings. The summed E-state index contributed by atoms with van der Waals surface area (Å²) < 4.78 is 26.5. The number of thioether (sulfide) groups is 1. The highest BCUT2D eigenvalue weighted by atomic mass is 79.9. The van der Waals surface area contributed by atoms with Crippen LogP contribution in [0.4, 0.5) is 0 Å². The van der Waals surface area contributed by atoms with Gasteiger partial charge < -0.3 is 0 Å². The van der Waals surface area contributed by atoms with Crippen LogP contribution in [-0.2, 0) is 10.0 Å². The SMILES string of the molecule is CSCCN(C)S(=O)(=O)c1c(Cl)cc(Br)cc1Cl. The first-order valence-electron chi connectivity index (χ1n) is 4.90. The normalized spacial score (nSPS) is 12.1. The largest absolute Gasteiger partial charge is 0.245 e. The molecule has 0 N–H and O–H groups in total. The molecule has 102 valence electrons. The highest BCUT2D eigenvalue weighted by Gasteiger charge is 2.26. The molecule has 0 bridgehead atoms. The zero-order valence-electron chi connectivity index (χ0n) is 9.78. The predicted octanol–water partition coefficient (Wildman–Crippen LogP) is 3.74. The Balaban J connectivity index is 3.20. The second-order valence-electron chi connectivity index (χ2n) is 3.52. The van der Waals surface area contributed by atoms with E-state index in [1.165, 1.54) is 23.5 Å². The molecule has 1 aromatic rings. The van der Waals surface area contributed by atoms with E-state index in [-0.39, 0.29) is 14.9 Å². The third-order valence-corrected chi connectivity index (χ3v) is 6.07. The lowest BCUT2D eigenvalue weighted by Gasteiger charge is -2.18. The first kappa shape index (κ1) is 16.6. The molecule has 8 heteroatoms. The van der Waals surface area contributed by atoms with Gasteiger partial charge in [-0.2, -0.15) is 11.8 Å². The highest BCUT2D eigenvalue weighted by Crippen LogP contribution is 2.34. The van der Waals surface area contributed by atoms with Gasteiger partial charge in [0.1, 0.15) is 4.90 Å². The summed E-state index contributed by atoms with van der Waals surface area (Å²) >= 11 is 16.7. The molecule has 0 unspecified atom stereocenters. The second kappa shape index (κ2) is 6.81. The maximum atomic E-state index is 12.3. The molecule has 0 aliphatic carbocycles. The standard InChI is InChI=1S/C10H12BrCl2NO2S2/c1-14(3-4-17-2)18(15,16)10-8(12)5-7(11)6-9(10)13/h5-6H,3-4H2,1-2H3. The molecule has 3 nitrogen and oxygen atoms in total. The summed E-state index contributed by atoms with van der Waals surface area (Å²) in [6, 6.07) is 3.03. The van der Waals surface area contributed by atoms with Crippen molar-refractivity contribution in [3.05, 3.63) is 26.7 Å². The van der Waals surface area contributed by atoms with Crippen LogP contribution in [0.3, 0.4) is 0 Å². The van der Waals surface area contributed by atoms with E-state index in [1.807, 2.05) is 6.26 Å². The molecule has 0 amide bonds. The molecule has 1 rings (SSSR count). The minimum atomic E-state index is -3.65. The van der Waals surface area contributed by atoms with Crippen molar-refractivity contribution in [1.82, 2.24) is 4.31 Å². The Bertz CT molecular complexity index is 514. The van der Waals surface area contributed by atoms with E-state index in [0.29, 0.717) is 16.8 Å². The predicted molar refractivity (Wildman–Crippen MR) is 82.4 cm³/mol. The number of hydrogen-bond acceptors (Lipinski definition) is 3. The van der Waals surface area contributed by atoms with Crippen molar-refractivity contribution in [3.63, 3.8) is 0 Å². The minimum absolute atomic E-state index is 0.0439. The summed E-state index contributed by atoms with van der Waals surface area (Å²) in [6.45, 7) is 0.409. The molecule has 0 heterocycles. The van der Waals surface area contributed by atoms with Gasteiger partial charge in [0.2, 0.25) is 10.0 Å². The molecular weight excluding hydrogens is 381 g/mol. The van der Waals surface area contributed by atoms with E-state index in [1.54, 1.807) is 11.8 Å². The summed E-state index contributed by atoms with van der Waals surface area (Å²) in [5.41, 5.74) is 0. The molecule has 0 atom stereocenters. The van der Waals surface area contributed by atoms with Gasteiger partial charge in [0, 0.05) is 23.8 Å². The van der Waals surface area contributed by atoms with Gasteiger partial charge in [-0.05, 0) is 18.4 Å². The fourth-order valence-electron chi connectivity index (χ4n) is 1.27. The van der Waals surface area contributed by atoms with Crippen molar-refractivity contribution >= 4 is 60.9 Å². The summed E-state index contributed by atoms with van der Waals surface area (Å²) in [6.07, 6.45) is 1.92. The minimum Gasteiger partial charge on any atom is -0.207 e. The van der Waals surface area contributed by atoms with Crippen LogP contribution < -0.4 is 0 Å². The Kier molecular flexibility index (Phi) is 6.28. The van der Waals surface area contributed by atoms with Gasteiger partial charge in [-0.25, -0.2) is 12.7 Å². The monoisotopic (exact) mass is 391 g/mol. The van der Waals surface area contributed by atoms with Gasteiger partial charge in [-0.15, -0.1) is 0 Å². The third-order valence-electron chi connectivity index (χ3n) is 2.24. The van der Waals surface area contributed by atoms with Crippen LogP contribution in [0.5, 0.6) is 0 Å². The lowest BCUT2D eigenvalue weighted by molar-refractivity contribution is 0.489. The van der Waals surface area contributed by atoms with Crippen LogP contribution in [0.15, 0.2) is 21.5 Å². The Hall–Kier alpha value is 0.540. The fourth-order valence-corrected chi connectivity index (χ4v) is 4.89. The summed E-state index contributed by atoms with van der Waals surface area (Å²) in [5.74, 6) is 0.710. The molecule has 0 aromatic heterocycles. The van der Waals surface area contributed by atoms with Crippen molar-refractivity contribution in [1.29, 1.82) is 0 Å². The number of hydrogen-bond donors (Lipinski definition) is 0. The fraction of sp³-hybridized carbons (Fsp3) is 0.400. The lowest BCUT2D eigenvalue weighted by Crippen LogP contribution is -2.29. The van der Waals surface area contributed by atoms with Crippen molar-refractivity contribution < 1.29 is 8.42 Å². The van der Waals surface area contributed by atoms with E-state index in [0.717, 1.165) is 0 Å². The molecule has 1 aromatic carbocycles. The number of benzene rings is 1. The van der Waals surface area contributed by atoms with Gasteiger partial charge in [0.15, 0.2) is 0 Å². The molecule has 18 heavy (non-hydrogen) atoms. The third kappa shape index (κ3) is 3.77. The van der Waals surface area contributed by atoms with Crippen molar-refractivity contribution in [2.24, 2.45) is 0 Å². The Morgan fingerprint density at radius 3 is 2.28 bits per heavy atom. The second-order valence-corrected chi connectivity index (χ2v) is 8.22. The maximum Gasteiger partial charge on any atom is 0.245 e. The smallest absolute Gasteiger partial charge is 0.207 e. The van der Waals surface area contributed by atoms with E-state index >= 15 is 0 Å². The lowest BCUT2D eigenvalue weighted by atomic mass is 10.4. The van der Waals surface area contributed by atoms with Crippen molar-refractivity contribution in [3.8, 4) is 0 Å². The van der Waals surface area contributed by atoms with Crippen LogP contribution in [0.25, 0.3) is 0 Å². The summed E-state index contributed by atoms with van der Waals surface area (Å²) in [4.78, 5) is -0.0439.